The van der Waals surface area contributed by atoms with Gasteiger partial charge in [0.1, 0.15) is 0 Å². The zero-order valence-corrected chi connectivity index (χ0v) is 15.3. The molecule has 0 fully saturated rings. The molecule has 4 aromatic rings. The average Bonchev–Trinajstić information content (AvgIpc) is 3.11. The molecule has 122 valence electrons. The zero-order chi connectivity index (χ0) is 17.2. The monoisotopic (exact) mass is 340 g/mol. The van der Waals surface area contributed by atoms with E-state index in [0.717, 1.165) is 0 Å². The first kappa shape index (κ1) is 15.9. The van der Waals surface area contributed by atoms with Crippen LogP contribution >= 0.6 is 11.3 Å². The van der Waals surface area contributed by atoms with Crippen molar-refractivity contribution in [3.63, 3.8) is 0 Å². The van der Waals surface area contributed by atoms with Crippen molar-refractivity contribution in [1.29, 1.82) is 0 Å². The predicted octanol–water partition coefficient (Wildman–Crippen LogP) is 7.37. The second-order valence-electron chi connectivity index (χ2n) is 6.38. The fraction of sp³-hybridized carbons (Fsp3) is 0.0833. The van der Waals surface area contributed by atoms with Crippen LogP contribution in [0.4, 0.5) is 0 Å². The van der Waals surface area contributed by atoms with Crippen molar-refractivity contribution in [2.24, 2.45) is 0 Å². The minimum absolute atomic E-state index is 1.27. The van der Waals surface area contributed by atoms with Crippen LogP contribution in [0.15, 0.2) is 84.9 Å². The molecule has 0 unspecified atom stereocenters. The summed E-state index contributed by atoms with van der Waals surface area (Å²) in [7, 11) is 0. The molecule has 0 nitrogen and oxygen atoms in total. The Morgan fingerprint density at radius 1 is 0.560 bits per heavy atom. The van der Waals surface area contributed by atoms with Gasteiger partial charge in [0, 0.05) is 15.3 Å². The molecule has 0 aliphatic rings. The zero-order valence-electron chi connectivity index (χ0n) is 14.5. The van der Waals surface area contributed by atoms with Crippen LogP contribution in [0.2, 0.25) is 0 Å². The van der Waals surface area contributed by atoms with Gasteiger partial charge in [0.25, 0.3) is 0 Å². The Balaban J connectivity index is 1.90. The highest BCUT2D eigenvalue weighted by atomic mass is 32.1. The normalized spacial score (nSPS) is 10.8. The summed E-state index contributed by atoms with van der Waals surface area (Å²) in [6.45, 7) is 4.35. The van der Waals surface area contributed by atoms with E-state index >= 15 is 0 Å². The number of rotatable bonds is 3. The van der Waals surface area contributed by atoms with E-state index in [9.17, 15) is 0 Å². The van der Waals surface area contributed by atoms with E-state index in [1.807, 2.05) is 11.3 Å². The molecule has 0 amide bonds. The Morgan fingerprint density at radius 2 is 1.20 bits per heavy atom. The fourth-order valence-corrected chi connectivity index (χ4v) is 4.25. The van der Waals surface area contributed by atoms with Crippen LogP contribution in [0.25, 0.3) is 32.0 Å². The Hall–Kier alpha value is -2.64. The highest BCUT2D eigenvalue weighted by Gasteiger charge is 2.14. The minimum atomic E-state index is 1.27. The van der Waals surface area contributed by atoms with E-state index in [1.165, 1.54) is 43.1 Å². The molecular formula is C24H20S. The van der Waals surface area contributed by atoms with Crippen molar-refractivity contribution < 1.29 is 0 Å². The summed E-state index contributed by atoms with van der Waals surface area (Å²) in [5.74, 6) is 0. The van der Waals surface area contributed by atoms with Crippen LogP contribution in [-0.4, -0.2) is 0 Å². The first-order valence-electron chi connectivity index (χ1n) is 8.54. The van der Waals surface area contributed by atoms with E-state index in [-0.39, 0.29) is 0 Å². The summed E-state index contributed by atoms with van der Waals surface area (Å²) in [6, 6.07) is 30.5. The van der Waals surface area contributed by atoms with Crippen molar-refractivity contribution in [3.05, 3.63) is 96.1 Å². The van der Waals surface area contributed by atoms with Gasteiger partial charge in [0.15, 0.2) is 0 Å². The maximum Gasteiger partial charge on any atom is 0.0427 e. The maximum absolute atomic E-state index is 2.34. The Kier molecular flexibility index (Phi) is 4.25. The smallest absolute Gasteiger partial charge is 0.0427 e. The molecule has 0 aliphatic carbocycles. The molecule has 1 heteroatoms. The van der Waals surface area contributed by atoms with Crippen molar-refractivity contribution in [1.82, 2.24) is 0 Å². The van der Waals surface area contributed by atoms with Gasteiger partial charge in [-0.05, 0) is 47.7 Å². The average molecular weight is 340 g/mol. The number of hydrogen-bond acceptors (Lipinski definition) is 1. The number of aryl methyl sites for hydroxylation is 2. The highest BCUT2D eigenvalue weighted by Crippen LogP contribution is 2.43. The van der Waals surface area contributed by atoms with E-state index in [1.54, 1.807) is 0 Å². The van der Waals surface area contributed by atoms with Gasteiger partial charge < -0.3 is 0 Å². The largest absolute Gasteiger partial charge is 0.135 e. The molecule has 1 aromatic heterocycles. The van der Waals surface area contributed by atoms with Crippen molar-refractivity contribution >= 4 is 11.3 Å². The van der Waals surface area contributed by atoms with E-state index in [0.29, 0.717) is 0 Å². The van der Waals surface area contributed by atoms with Crippen LogP contribution in [0.3, 0.4) is 0 Å². The van der Waals surface area contributed by atoms with Crippen LogP contribution in [0.5, 0.6) is 0 Å². The second kappa shape index (κ2) is 6.70. The predicted molar refractivity (Wildman–Crippen MR) is 110 cm³/mol. The molecule has 0 atom stereocenters. The molecule has 1 heterocycles. The number of hydrogen-bond donors (Lipinski definition) is 0. The topological polar surface area (TPSA) is 0 Å². The lowest BCUT2D eigenvalue weighted by Crippen LogP contribution is -1.81. The van der Waals surface area contributed by atoms with Crippen LogP contribution in [0, 0.1) is 13.8 Å². The van der Waals surface area contributed by atoms with Gasteiger partial charge in [-0.25, -0.2) is 0 Å². The molecule has 0 N–H and O–H groups in total. The Morgan fingerprint density at radius 3 is 1.84 bits per heavy atom. The van der Waals surface area contributed by atoms with Gasteiger partial charge in [-0.3, -0.25) is 0 Å². The van der Waals surface area contributed by atoms with Gasteiger partial charge in [0.2, 0.25) is 0 Å². The first-order chi connectivity index (χ1) is 12.2. The summed E-state index contributed by atoms with van der Waals surface area (Å²) >= 11 is 1.88. The number of thiophene rings is 1. The van der Waals surface area contributed by atoms with Crippen LogP contribution in [-0.2, 0) is 0 Å². The highest BCUT2D eigenvalue weighted by molar-refractivity contribution is 7.19. The van der Waals surface area contributed by atoms with Crippen molar-refractivity contribution in [3.8, 4) is 32.0 Å². The maximum atomic E-state index is 2.34. The first-order valence-corrected chi connectivity index (χ1v) is 9.36. The van der Waals surface area contributed by atoms with Crippen LogP contribution < -0.4 is 0 Å². The second-order valence-corrected chi connectivity index (χ2v) is 7.44. The number of benzene rings is 3. The van der Waals surface area contributed by atoms with Gasteiger partial charge in [-0.2, -0.15) is 0 Å². The van der Waals surface area contributed by atoms with Gasteiger partial charge in [0.05, 0.1) is 0 Å². The SMILES string of the molecule is Cc1ccc(-c2cc(-c3ccccc3)c(-c3ccccc3)s2)cc1C. The third-order valence-corrected chi connectivity index (χ3v) is 5.88. The molecule has 0 aliphatic heterocycles. The third kappa shape index (κ3) is 3.16. The fourth-order valence-electron chi connectivity index (χ4n) is 3.06. The van der Waals surface area contributed by atoms with Crippen molar-refractivity contribution in [2.75, 3.05) is 0 Å². The summed E-state index contributed by atoms with van der Waals surface area (Å²) < 4.78 is 0. The summed E-state index contributed by atoms with van der Waals surface area (Å²) in [5, 5.41) is 0. The standard InChI is InChI=1S/C24H20S/c1-17-13-14-21(15-18(17)2)23-16-22(19-9-5-3-6-10-19)24(25-23)20-11-7-4-8-12-20/h3-16H,1-2H3. The molecule has 0 bridgehead atoms. The Bertz CT molecular complexity index is 938. The molecule has 0 radical (unpaired) electrons. The lowest BCUT2D eigenvalue weighted by molar-refractivity contribution is 1.34. The molecular weight excluding hydrogens is 320 g/mol. The molecule has 4 rings (SSSR count). The summed E-state index contributed by atoms with van der Waals surface area (Å²) in [6.07, 6.45) is 0. The molecule has 3 aromatic carbocycles. The minimum Gasteiger partial charge on any atom is -0.135 e. The van der Waals surface area contributed by atoms with Crippen molar-refractivity contribution in [2.45, 2.75) is 13.8 Å². The van der Waals surface area contributed by atoms with Gasteiger partial charge >= 0.3 is 0 Å². The summed E-state index contributed by atoms with van der Waals surface area (Å²) in [5.41, 5.74) is 7.84. The van der Waals surface area contributed by atoms with E-state index < -0.39 is 0 Å². The lowest BCUT2D eigenvalue weighted by Gasteiger charge is -2.03. The van der Waals surface area contributed by atoms with Crippen LogP contribution in [0.1, 0.15) is 11.1 Å². The Labute approximate surface area is 153 Å². The molecule has 25 heavy (non-hydrogen) atoms. The quantitative estimate of drug-likeness (QED) is 0.365. The molecule has 0 saturated heterocycles. The molecule has 0 saturated carbocycles. The summed E-state index contributed by atoms with van der Waals surface area (Å²) in [4.78, 5) is 2.65. The van der Waals surface area contributed by atoms with E-state index in [2.05, 4.69) is 98.8 Å². The third-order valence-electron chi connectivity index (χ3n) is 4.64. The molecule has 0 spiro atoms. The van der Waals surface area contributed by atoms with Gasteiger partial charge in [-0.15, -0.1) is 11.3 Å². The lowest BCUT2D eigenvalue weighted by atomic mass is 10.0. The van der Waals surface area contributed by atoms with Gasteiger partial charge in [-0.1, -0.05) is 78.9 Å². The van der Waals surface area contributed by atoms with E-state index in [4.69, 9.17) is 0 Å².